The summed E-state index contributed by atoms with van der Waals surface area (Å²) in [5.74, 6) is 7.19. The summed E-state index contributed by atoms with van der Waals surface area (Å²) < 4.78 is 11.4. The molecule has 0 aliphatic rings. The molecule has 2 rings (SSSR count). The Balaban J connectivity index is 2.27. The molecule has 0 fully saturated rings. The highest BCUT2D eigenvalue weighted by Gasteiger charge is 2.07. The van der Waals surface area contributed by atoms with Crippen molar-refractivity contribution in [3.63, 3.8) is 0 Å². The Morgan fingerprint density at radius 2 is 2.11 bits per heavy atom. The van der Waals surface area contributed by atoms with Gasteiger partial charge in [-0.25, -0.2) is 10.8 Å². The summed E-state index contributed by atoms with van der Waals surface area (Å²) in [7, 11) is 1.59. The first-order valence-corrected chi connectivity index (χ1v) is 5.83. The Labute approximate surface area is 112 Å². The molecule has 0 spiro atoms. The largest absolute Gasteiger partial charge is 0.497 e. The molecule has 1 heterocycles. The van der Waals surface area contributed by atoms with Crippen molar-refractivity contribution in [2.75, 3.05) is 12.5 Å². The van der Waals surface area contributed by atoms with Crippen molar-refractivity contribution in [3.8, 4) is 17.4 Å². The number of methoxy groups -OCH3 is 1. The van der Waals surface area contributed by atoms with Crippen LogP contribution in [0.25, 0.3) is 0 Å². The first-order valence-electron chi connectivity index (χ1n) is 5.04. The van der Waals surface area contributed by atoms with Gasteiger partial charge in [-0.1, -0.05) is 6.07 Å². The maximum absolute atomic E-state index is 5.62. The van der Waals surface area contributed by atoms with Crippen LogP contribution in [0, 0.1) is 0 Å². The molecule has 0 bridgehead atoms. The quantitative estimate of drug-likeness (QED) is 0.666. The van der Waals surface area contributed by atoms with Gasteiger partial charge in [0.15, 0.2) is 0 Å². The van der Waals surface area contributed by atoms with Crippen LogP contribution in [0.2, 0.25) is 0 Å². The lowest BCUT2D eigenvalue weighted by molar-refractivity contribution is 0.407. The number of halogens is 1. The van der Waals surface area contributed by atoms with Gasteiger partial charge in [0.2, 0.25) is 11.8 Å². The number of anilines is 1. The van der Waals surface area contributed by atoms with Crippen LogP contribution in [0.15, 0.2) is 34.9 Å². The van der Waals surface area contributed by atoms with E-state index in [2.05, 4.69) is 31.3 Å². The number of hydrazine groups is 1. The Morgan fingerprint density at radius 3 is 2.83 bits per heavy atom. The molecule has 0 saturated heterocycles. The number of ether oxygens (including phenoxy) is 2. The molecular formula is C11H11BrN4O2. The molecule has 0 aliphatic carbocycles. The van der Waals surface area contributed by atoms with Gasteiger partial charge in [-0.15, -0.1) is 0 Å². The lowest BCUT2D eigenvalue weighted by Crippen LogP contribution is -2.10. The zero-order chi connectivity index (χ0) is 13.0. The summed E-state index contributed by atoms with van der Waals surface area (Å²) in [6, 6.07) is 7.21. The van der Waals surface area contributed by atoms with E-state index < -0.39 is 0 Å². The van der Waals surface area contributed by atoms with Crippen molar-refractivity contribution in [1.29, 1.82) is 0 Å². The van der Waals surface area contributed by atoms with Crippen molar-refractivity contribution in [3.05, 3.63) is 34.9 Å². The number of benzene rings is 1. The maximum atomic E-state index is 5.62. The van der Waals surface area contributed by atoms with Crippen molar-refractivity contribution in [2.24, 2.45) is 5.84 Å². The van der Waals surface area contributed by atoms with E-state index in [0.29, 0.717) is 21.9 Å². The summed E-state index contributed by atoms with van der Waals surface area (Å²) >= 11 is 3.30. The number of rotatable bonds is 4. The predicted octanol–water partition coefficient (Wildman–Crippen LogP) is 2.33. The standard InChI is InChI=1S/C11H11BrN4O2/c1-17-7-3-2-4-8(5-7)18-10-9(12)6-14-11(15-10)16-13/h2-6H,13H2,1H3,(H,14,15,16). The lowest BCUT2D eigenvalue weighted by Gasteiger charge is -2.08. The fourth-order valence-corrected chi connectivity index (χ4v) is 1.54. The van der Waals surface area contributed by atoms with Gasteiger partial charge >= 0.3 is 0 Å². The van der Waals surface area contributed by atoms with Crippen LogP contribution in [0.1, 0.15) is 0 Å². The van der Waals surface area contributed by atoms with Crippen molar-refractivity contribution >= 4 is 21.9 Å². The highest BCUT2D eigenvalue weighted by Crippen LogP contribution is 2.29. The Bertz CT molecular complexity index is 550. The van der Waals surface area contributed by atoms with Gasteiger partial charge in [-0.2, -0.15) is 4.98 Å². The molecule has 7 heteroatoms. The molecule has 18 heavy (non-hydrogen) atoms. The Morgan fingerprint density at radius 1 is 1.33 bits per heavy atom. The lowest BCUT2D eigenvalue weighted by atomic mass is 10.3. The monoisotopic (exact) mass is 310 g/mol. The highest BCUT2D eigenvalue weighted by molar-refractivity contribution is 9.10. The number of aromatic nitrogens is 2. The number of hydrogen-bond acceptors (Lipinski definition) is 6. The molecular weight excluding hydrogens is 300 g/mol. The molecule has 0 aliphatic heterocycles. The van der Waals surface area contributed by atoms with Crippen LogP contribution in [-0.2, 0) is 0 Å². The third kappa shape index (κ3) is 2.88. The molecule has 0 saturated carbocycles. The van der Waals surface area contributed by atoms with Gasteiger partial charge in [-0.3, -0.25) is 5.43 Å². The summed E-state index contributed by atoms with van der Waals surface area (Å²) in [5.41, 5.74) is 2.36. The Kier molecular flexibility index (Phi) is 3.96. The summed E-state index contributed by atoms with van der Waals surface area (Å²) in [5, 5.41) is 0. The molecule has 0 amide bonds. The number of nitrogens with one attached hydrogen (secondary N) is 1. The second-order valence-corrected chi connectivity index (χ2v) is 4.13. The third-order valence-electron chi connectivity index (χ3n) is 2.10. The maximum Gasteiger partial charge on any atom is 0.240 e. The average Bonchev–Trinajstić information content (AvgIpc) is 2.41. The minimum Gasteiger partial charge on any atom is -0.497 e. The molecule has 2 aromatic rings. The van der Waals surface area contributed by atoms with Crippen LogP contribution < -0.4 is 20.7 Å². The zero-order valence-corrected chi connectivity index (χ0v) is 11.1. The number of nitrogens with zero attached hydrogens (tertiary/aromatic N) is 2. The summed E-state index contributed by atoms with van der Waals surface area (Å²) in [6.07, 6.45) is 1.55. The average molecular weight is 311 g/mol. The van der Waals surface area contributed by atoms with Gasteiger partial charge in [0.25, 0.3) is 0 Å². The van der Waals surface area contributed by atoms with E-state index in [1.165, 1.54) is 0 Å². The van der Waals surface area contributed by atoms with Crippen molar-refractivity contribution in [2.45, 2.75) is 0 Å². The van der Waals surface area contributed by atoms with E-state index in [1.54, 1.807) is 25.4 Å². The number of hydrogen-bond donors (Lipinski definition) is 2. The van der Waals surface area contributed by atoms with Crippen LogP contribution in [0.5, 0.6) is 17.4 Å². The van der Waals surface area contributed by atoms with Gasteiger partial charge in [0.1, 0.15) is 11.5 Å². The van der Waals surface area contributed by atoms with Crippen LogP contribution in [-0.4, -0.2) is 17.1 Å². The van der Waals surface area contributed by atoms with E-state index in [0.717, 1.165) is 0 Å². The minimum absolute atomic E-state index is 0.274. The van der Waals surface area contributed by atoms with Crippen molar-refractivity contribution < 1.29 is 9.47 Å². The van der Waals surface area contributed by atoms with Gasteiger partial charge < -0.3 is 9.47 Å². The Hall–Kier alpha value is -1.86. The molecule has 0 unspecified atom stereocenters. The first-order chi connectivity index (χ1) is 8.72. The molecule has 1 aromatic heterocycles. The highest BCUT2D eigenvalue weighted by atomic mass is 79.9. The summed E-state index contributed by atoms with van der Waals surface area (Å²) in [4.78, 5) is 8.02. The van der Waals surface area contributed by atoms with Gasteiger partial charge in [0, 0.05) is 6.07 Å². The second-order valence-electron chi connectivity index (χ2n) is 3.27. The smallest absolute Gasteiger partial charge is 0.240 e. The van der Waals surface area contributed by atoms with Crippen LogP contribution in [0.3, 0.4) is 0 Å². The molecule has 3 N–H and O–H groups in total. The number of nitrogen functional groups attached to an aromatic ring is 1. The fourth-order valence-electron chi connectivity index (χ4n) is 1.27. The second kappa shape index (κ2) is 5.65. The van der Waals surface area contributed by atoms with Crippen LogP contribution in [0.4, 0.5) is 5.95 Å². The molecule has 0 atom stereocenters. The predicted molar refractivity (Wildman–Crippen MR) is 70.6 cm³/mol. The minimum atomic E-state index is 0.274. The van der Waals surface area contributed by atoms with Crippen molar-refractivity contribution in [1.82, 2.24) is 9.97 Å². The van der Waals surface area contributed by atoms with Gasteiger partial charge in [0.05, 0.1) is 17.8 Å². The van der Waals surface area contributed by atoms with E-state index in [4.69, 9.17) is 15.3 Å². The topological polar surface area (TPSA) is 82.3 Å². The van der Waals surface area contributed by atoms with Crippen LogP contribution >= 0.6 is 15.9 Å². The molecule has 1 aromatic carbocycles. The van der Waals surface area contributed by atoms with E-state index in [9.17, 15) is 0 Å². The number of nitrogens with two attached hydrogens (primary N) is 1. The summed E-state index contributed by atoms with van der Waals surface area (Å²) in [6.45, 7) is 0. The third-order valence-corrected chi connectivity index (χ3v) is 2.64. The SMILES string of the molecule is COc1cccc(Oc2nc(NN)ncc2Br)c1. The zero-order valence-electron chi connectivity index (χ0n) is 9.55. The molecule has 6 nitrogen and oxygen atoms in total. The fraction of sp³-hybridized carbons (Fsp3) is 0.0909. The molecule has 0 radical (unpaired) electrons. The first kappa shape index (κ1) is 12.6. The molecule has 94 valence electrons. The normalized spacial score (nSPS) is 9.94. The van der Waals surface area contributed by atoms with E-state index in [-0.39, 0.29) is 5.95 Å². The van der Waals surface area contributed by atoms with E-state index in [1.807, 2.05) is 12.1 Å². The van der Waals surface area contributed by atoms with Gasteiger partial charge in [-0.05, 0) is 28.1 Å². The van der Waals surface area contributed by atoms with E-state index >= 15 is 0 Å².